The van der Waals surface area contributed by atoms with Crippen molar-refractivity contribution in [2.24, 2.45) is 0 Å². The number of likely N-dealkylation sites (tertiary alicyclic amines) is 1. The summed E-state index contributed by atoms with van der Waals surface area (Å²) in [4.78, 5) is 6.08. The van der Waals surface area contributed by atoms with Crippen molar-refractivity contribution in [3.05, 3.63) is 10.7 Å². The number of sulfonamides is 1. The molecule has 1 aliphatic heterocycles. The summed E-state index contributed by atoms with van der Waals surface area (Å²) in [5.41, 5.74) is 0. The molecule has 2 heterocycles. The lowest BCUT2D eigenvalue weighted by molar-refractivity contribution is 0.175. The van der Waals surface area contributed by atoms with E-state index >= 15 is 0 Å². The lowest BCUT2D eigenvalue weighted by atomic mass is 10.1. The number of aromatic nitrogens is 1. The molecule has 0 amide bonds. The van der Waals surface area contributed by atoms with Crippen molar-refractivity contribution < 1.29 is 8.42 Å². The standard InChI is InChI=1S/C11H18ClN3O2S2/c1-9(15-5-3-2-4-6-15)7-14-19(16,17)10-8-13-11(12)18-10/h8-9,14H,2-7H2,1H3. The highest BCUT2D eigenvalue weighted by molar-refractivity contribution is 7.91. The zero-order valence-electron chi connectivity index (χ0n) is 10.8. The van der Waals surface area contributed by atoms with Gasteiger partial charge in [0, 0.05) is 12.6 Å². The van der Waals surface area contributed by atoms with Gasteiger partial charge in [0.15, 0.2) is 8.68 Å². The van der Waals surface area contributed by atoms with Gasteiger partial charge in [-0.05, 0) is 32.9 Å². The molecule has 2 rings (SSSR count). The Bertz CT molecular complexity index is 512. The monoisotopic (exact) mass is 323 g/mol. The minimum Gasteiger partial charge on any atom is -0.299 e. The minimum atomic E-state index is -3.48. The maximum absolute atomic E-state index is 12.0. The third kappa shape index (κ3) is 4.13. The molecule has 1 aromatic heterocycles. The average Bonchev–Trinajstić information content (AvgIpc) is 2.85. The molecule has 0 aromatic carbocycles. The molecule has 1 N–H and O–H groups in total. The molecule has 1 fully saturated rings. The SMILES string of the molecule is CC(CNS(=O)(=O)c1cnc(Cl)s1)N1CCCCC1. The van der Waals surface area contributed by atoms with Crippen LogP contribution in [0.15, 0.2) is 10.4 Å². The van der Waals surface area contributed by atoms with Crippen molar-refractivity contribution in [2.75, 3.05) is 19.6 Å². The van der Waals surface area contributed by atoms with E-state index in [0.29, 0.717) is 6.54 Å². The molecule has 1 aliphatic rings. The summed E-state index contributed by atoms with van der Waals surface area (Å²) in [6, 6.07) is 0.207. The van der Waals surface area contributed by atoms with Crippen molar-refractivity contribution in [1.29, 1.82) is 0 Å². The third-order valence-corrected chi connectivity index (χ3v) is 6.30. The Morgan fingerprint density at radius 3 is 2.74 bits per heavy atom. The van der Waals surface area contributed by atoms with E-state index in [1.807, 2.05) is 6.92 Å². The lowest BCUT2D eigenvalue weighted by Crippen LogP contribution is -2.44. The second-order valence-electron chi connectivity index (χ2n) is 4.73. The second kappa shape index (κ2) is 6.49. The minimum absolute atomic E-state index is 0.170. The zero-order valence-corrected chi connectivity index (χ0v) is 13.2. The Kier molecular flexibility index (Phi) is 5.19. The van der Waals surface area contributed by atoms with Crippen LogP contribution in [0.5, 0.6) is 0 Å². The molecule has 1 atom stereocenters. The maximum atomic E-state index is 12.0. The zero-order chi connectivity index (χ0) is 13.9. The Morgan fingerprint density at radius 1 is 1.47 bits per heavy atom. The van der Waals surface area contributed by atoms with E-state index in [0.717, 1.165) is 24.4 Å². The summed E-state index contributed by atoms with van der Waals surface area (Å²) < 4.78 is 27.1. The Hall–Kier alpha value is -0.210. The van der Waals surface area contributed by atoms with Crippen molar-refractivity contribution in [3.8, 4) is 0 Å². The summed E-state index contributed by atoms with van der Waals surface area (Å²) in [7, 11) is -3.48. The quantitative estimate of drug-likeness (QED) is 0.899. The van der Waals surface area contributed by atoms with E-state index in [1.165, 1.54) is 25.5 Å². The molecule has 1 aromatic rings. The fourth-order valence-corrected chi connectivity index (χ4v) is 4.61. The van der Waals surface area contributed by atoms with Crippen molar-refractivity contribution >= 4 is 33.0 Å². The van der Waals surface area contributed by atoms with Crippen LogP contribution in [0.1, 0.15) is 26.2 Å². The first kappa shape index (κ1) is 15.2. The Labute approximate surface area is 123 Å². The fraction of sp³-hybridized carbons (Fsp3) is 0.727. The summed E-state index contributed by atoms with van der Waals surface area (Å²) in [5, 5.41) is 0. The van der Waals surface area contributed by atoms with Gasteiger partial charge in [0.2, 0.25) is 0 Å². The number of halogens is 1. The average molecular weight is 324 g/mol. The highest BCUT2D eigenvalue weighted by Crippen LogP contribution is 2.22. The molecule has 8 heteroatoms. The van der Waals surface area contributed by atoms with Gasteiger partial charge in [0.1, 0.15) is 0 Å². The first-order valence-electron chi connectivity index (χ1n) is 6.34. The van der Waals surface area contributed by atoms with E-state index in [4.69, 9.17) is 11.6 Å². The predicted octanol–water partition coefficient (Wildman–Crippen LogP) is 1.95. The normalized spacial score (nSPS) is 19.5. The number of hydrogen-bond acceptors (Lipinski definition) is 5. The molecular weight excluding hydrogens is 306 g/mol. The molecule has 5 nitrogen and oxygen atoms in total. The molecule has 0 saturated carbocycles. The third-order valence-electron chi connectivity index (χ3n) is 3.30. The van der Waals surface area contributed by atoms with Crippen LogP contribution in [0, 0.1) is 0 Å². The summed E-state index contributed by atoms with van der Waals surface area (Å²) in [6.45, 7) is 4.57. The number of piperidine rings is 1. The number of nitrogens with zero attached hydrogens (tertiary/aromatic N) is 2. The van der Waals surface area contributed by atoms with Crippen LogP contribution in [0.3, 0.4) is 0 Å². The number of rotatable bonds is 5. The Morgan fingerprint density at radius 2 is 2.16 bits per heavy atom. The van der Waals surface area contributed by atoms with Crippen LogP contribution in [0.25, 0.3) is 0 Å². The molecule has 19 heavy (non-hydrogen) atoms. The van der Waals surface area contributed by atoms with Gasteiger partial charge in [0.25, 0.3) is 10.0 Å². The maximum Gasteiger partial charge on any atom is 0.251 e. The first-order valence-corrected chi connectivity index (χ1v) is 9.02. The van der Waals surface area contributed by atoms with E-state index in [-0.39, 0.29) is 14.7 Å². The molecule has 0 bridgehead atoms. The van der Waals surface area contributed by atoms with Crippen LogP contribution in [-0.4, -0.2) is 44.0 Å². The van der Waals surface area contributed by atoms with Crippen LogP contribution in [-0.2, 0) is 10.0 Å². The van der Waals surface area contributed by atoms with E-state index in [9.17, 15) is 8.42 Å². The first-order chi connectivity index (χ1) is 8.99. The van der Waals surface area contributed by atoms with Gasteiger partial charge in [0.05, 0.1) is 6.20 Å². The molecular formula is C11H18ClN3O2S2. The largest absolute Gasteiger partial charge is 0.299 e. The van der Waals surface area contributed by atoms with Gasteiger partial charge in [-0.3, -0.25) is 4.90 Å². The number of thiazole rings is 1. The summed E-state index contributed by atoms with van der Waals surface area (Å²) >= 11 is 6.63. The van der Waals surface area contributed by atoms with Crippen molar-refractivity contribution in [1.82, 2.24) is 14.6 Å². The van der Waals surface area contributed by atoms with Crippen LogP contribution in [0.4, 0.5) is 0 Å². The van der Waals surface area contributed by atoms with Crippen molar-refractivity contribution in [3.63, 3.8) is 0 Å². The van der Waals surface area contributed by atoms with Gasteiger partial charge in [-0.1, -0.05) is 29.4 Å². The fourth-order valence-electron chi connectivity index (χ4n) is 2.15. The van der Waals surface area contributed by atoms with Gasteiger partial charge in [-0.2, -0.15) is 0 Å². The molecule has 1 saturated heterocycles. The van der Waals surface area contributed by atoms with Gasteiger partial charge < -0.3 is 0 Å². The van der Waals surface area contributed by atoms with E-state index < -0.39 is 10.0 Å². The van der Waals surface area contributed by atoms with Crippen LogP contribution in [0.2, 0.25) is 4.47 Å². The van der Waals surface area contributed by atoms with Crippen LogP contribution >= 0.6 is 22.9 Å². The van der Waals surface area contributed by atoms with Gasteiger partial charge in [-0.15, -0.1) is 0 Å². The Balaban J connectivity index is 1.90. The summed E-state index contributed by atoms with van der Waals surface area (Å²) in [5.74, 6) is 0. The van der Waals surface area contributed by atoms with E-state index in [1.54, 1.807) is 0 Å². The molecule has 0 aliphatic carbocycles. The summed E-state index contributed by atoms with van der Waals surface area (Å²) in [6.07, 6.45) is 4.96. The smallest absolute Gasteiger partial charge is 0.251 e. The van der Waals surface area contributed by atoms with Crippen molar-refractivity contribution in [2.45, 2.75) is 36.4 Å². The van der Waals surface area contributed by atoms with E-state index in [2.05, 4.69) is 14.6 Å². The lowest BCUT2D eigenvalue weighted by Gasteiger charge is -2.32. The highest BCUT2D eigenvalue weighted by atomic mass is 35.5. The molecule has 0 radical (unpaired) electrons. The number of nitrogens with one attached hydrogen (secondary N) is 1. The highest BCUT2D eigenvalue weighted by Gasteiger charge is 2.21. The van der Waals surface area contributed by atoms with Gasteiger partial charge >= 0.3 is 0 Å². The number of hydrogen-bond donors (Lipinski definition) is 1. The molecule has 108 valence electrons. The molecule has 0 spiro atoms. The van der Waals surface area contributed by atoms with Crippen LogP contribution < -0.4 is 4.72 Å². The topological polar surface area (TPSA) is 62.3 Å². The van der Waals surface area contributed by atoms with Gasteiger partial charge in [-0.25, -0.2) is 18.1 Å². The second-order valence-corrected chi connectivity index (χ2v) is 8.34. The predicted molar refractivity (Wildman–Crippen MR) is 77.2 cm³/mol. The molecule has 1 unspecified atom stereocenters.